The topological polar surface area (TPSA) is 49.8 Å². The van der Waals surface area contributed by atoms with Crippen molar-refractivity contribution in [2.75, 3.05) is 19.7 Å². The van der Waals surface area contributed by atoms with Gasteiger partial charge in [-0.15, -0.1) is 0 Å². The standard InChI is InChI=1S/C14H20ClNO3/c1-14(2,3)16(10-13(17)18)8-9-19-12-6-4-11(15)5-7-12/h4-7H,8-10H2,1-3H3,(H,17,18). The van der Waals surface area contributed by atoms with Crippen molar-refractivity contribution in [2.45, 2.75) is 26.3 Å². The van der Waals surface area contributed by atoms with Crippen LogP contribution >= 0.6 is 11.6 Å². The molecule has 1 aromatic carbocycles. The highest BCUT2D eigenvalue weighted by Crippen LogP contribution is 2.16. The fraction of sp³-hybridized carbons (Fsp3) is 0.500. The number of halogens is 1. The zero-order valence-electron chi connectivity index (χ0n) is 11.5. The van der Waals surface area contributed by atoms with Gasteiger partial charge in [-0.05, 0) is 45.0 Å². The van der Waals surface area contributed by atoms with E-state index in [-0.39, 0.29) is 12.1 Å². The molecular weight excluding hydrogens is 266 g/mol. The fourth-order valence-corrected chi connectivity index (χ4v) is 1.75. The molecule has 0 saturated carbocycles. The molecule has 0 aliphatic carbocycles. The first-order chi connectivity index (χ1) is 8.79. The summed E-state index contributed by atoms with van der Waals surface area (Å²) in [4.78, 5) is 12.7. The van der Waals surface area contributed by atoms with Crippen molar-refractivity contribution in [3.63, 3.8) is 0 Å². The Morgan fingerprint density at radius 1 is 1.32 bits per heavy atom. The van der Waals surface area contributed by atoms with Crippen LogP contribution in [-0.2, 0) is 4.79 Å². The number of aliphatic carboxylic acids is 1. The van der Waals surface area contributed by atoms with E-state index in [2.05, 4.69) is 0 Å². The SMILES string of the molecule is CC(C)(C)N(CCOc1ccc(Cl)cc1)CC(=O)O. The number of nitrogens with zero attached hydrogens (tertiary/aromatic N) is 1. The van der Waals surface area contributed by atoms with Crippen molar-refractivity contribution in [3.05, 3.63) is 29.3 Å². The van der Waals surface area contributed by atoms with E-state index in [1.807, 2.05) is 25.7 Å². The summed E-state index contributed by atoms with van der Waals surface area (Å²) < 4.78 is 5.57. The van der Waals surface area contributed by atoms with Crippen molar-refractivity contribution in [3.8, 4) is 5.75 Å². The van der Waals surface area contributed by atoms with Gasteiger partial charge in [-0.1, -0.05) is 11.6 Å². The van der Waals surface area contributed by atoms with Crippen LogP contribution in [0.4, 0.5) is 0 Å². The number of ether oxygens (including phenoxy) is 1. The van der Waals surface area contributed by atoms with E-state index in [1.165, 1.54) is 0 Å². The molecular formula is C14H20ClNO3. The van der Waals surface area contributed by atoms with E-state index >= 15 is 0 Å². The van der Waals surface area contributed by atoms with E-state index in [9.17, 15) is 4.79 Å². The second-order valence-electron chi connectivity index (χ2n) is 5.29. The van der Waals surface area contributed by atoms with E-state index in [0.717, 1.165) is 5.75 Å². The minimum Gasteiger partial charge on any atom is -0.492 e. The molecule has 0 amide bonds. The van der Waals surface area contributed by atoms with Crippen LogP contribution in [0.5, 0.6) is 5.75 Å². The predicted molar refractivity (Wildman–Crippen MR) is 75.9 cm³/mol. The van der Waals surface area contributed by atoms with Crippen LogP contribution in [0.25, 0.3) is 0 Å². The Labute approximate surface area is 118 Å². The molecule has 106 valence electrons. The molecule has 5 heteroatoms. The Balaban J connectivity index is 2.48. The molecule has 0 saturated heterocycles. The third kappa shape index (κ3) is 5.94. The van der Waals surface area contributed by atoms with Gasteiger partial charge in [0.1, 0.15) is 12.4 Å². The number of benzene rings is 1. The Kier molecular flexibility index (Phi) is 5.63. The molecule has 0 unspecified atom stereocenters. The first kappa shape index (κ1) is 15.8. The first-order valence-electron chi connectivity index (χ1n) is 6.14. The lowest BCUT2D eigenvalue weighted by atomic mass is 10.1. The smallest absolute Gasteiger partial charge is 0.317 e. The Morgan fingerprint density at radius 3 is 2.37 bits per heavy atom. The largest absolute Gasteiger partial charge is 0.492 e. The summed E-state index contributed by atoms with van der Waals surface area (Å²) in [5, 5.41) is 9.56. The summed E-state index contributed by atoms with van der Waals surface area (Å²) >= 11 is 5.78. The summed E-state index contributed by atoms with van der Waals surface area (Å²) in [5.74, 6) is -0.102. The summed E-state index contributed by atoms with van der Waals surface area (Å²) in [5.41, 5.74) is -0.207. The van der Waals surface area contributed by atoms with Gasteiger partial charge in [0.25, 0.3) is 0 Å². The number of hydrogen-bond donors (Lipinski definition) is 1. The Hall–Kier alpha value is -1.26. The van der Waals surface area contributed by atoms with Gasteiger partial charge >= 0.3 is 5.97 Å². The number of carboxylic acid groups (broad SMARTS) is 1. The molecule has 19 heavy (non-hydrogen) atoms. The normalized spacial score (nSPS) is 11.6. The van der Waals surface area contributed by atoms with E-state index in [0.29, 0.717) is 18.2 Å². The van der Waals surface area contributed by atoms with Crippen LogP contribution in [0.3, 0.4) is 0 Å². The molecule has 0 fully saturated rings. The van der Waals surface area contributed by atoms with Crippen LogP contribution in [0.15, 0.2) is 24.3 Å². The van der Waals surface area contributed by atoms with Gasteiger partial charge in [0.2, 0.25) is 0 Å². The number of hydrogen-bond acceptors (Lipinski definition) is 3. The van der Waals surface area contributed by atoms with Gasteiger partial charge in [-0.25, -0.2) is 0 Å². The monoisotopic (exact) mass is 285 g/mol. The average Bonchev–Trinajstić information content (AvgIpc) is 2.28. The van der Waals surface area contributed by atoms with Gasteiger partial charge < -0.3 is 9.84 Å². The summed E-state index contributed by atoms with van der Waals surface area (Å²) in [6.45, 7) is 6.95. The highest BCUT2D eigenvalue weighted by atomic mass is 35.5. The molecule has 0 spiro atoms. The molecule has 0 aromatic heterocycles. The van der Waals surface area contributed by atoms with Crippen molar-refractivity contribution in [2.24, 2.45) is 0 Å². The summed E-state index contributed by atoms with van der Waals surface area (Å²) in [6, 6.07) is 7.10. The molecule has 4 nitrogen and oxygen atoms in total. The quantitative estimate of drug-likeness (QED) is 0.873. The van der Waals surface area contributed by atoms with Gasteiger partial charge in [0.05, 0.1) is 6.54 Å². The molecule has 0 bridgehead atoms. The summed E-state index contributed by atoms with van der Waals surface area (Å²) in [6.07, 6.45) is 0. The Morgan fingerprint density at radius 2 is 1.89 bits per heavy atom. The van der Waals surface area contributed by atoms with Gasteiger partial charge in [0, 0.05) is 17.1 Å². The molecule has 0 atom stereocenters. The van der Waals surface area contributed by atoms with Gasteiger partial charge in [-0.2, -0.15) is 0 Å². The van der Waals surface area contributed by atoms with Crippen molar-refractivity contribution in [1.29, 1.82) is 0 Å². The third-order valence-electron chi connectivity index (χ3n) is 2.72. The maximum absolute atomic E-state index is 10.8. The molecule has 1 rings (SSSR count). The first-order valence-corrected chi connectivity index (χ1v) is 6.52. The number of carboxylic acids is 1. The zero-order chi connectivity index (χ0) is 14.5. The van der Waals surface area contributed by atoms with Crippen molar-refractivity contribution < 1.29 is 14.6 Å². The second-order valence-corrected chi connectivity index (χ2v) is 5.72. The minimum atomic E-state index is -0.832. The molecule has 1 N–H and O–H groups in total. The molecule has 0 aliphatic rings. The molecule has 1 aromatic rings. The second kappa shape index (κ2) is 6.78. The van der Waals surface area contributed by atoms with Crippen LogP contribution in [0, 0.1) is 0 Å². The lowest BCUT2D eigenvalue weighted by molar-refractivity contribution is -0.139. The zero-order valence-corrected chi connectivity index (χ0v) is 12.3. The van der Waals surface area contributed by atoms with Crippen LogP contribution in [-0.4, -0.2) is 41.2 Å². The molecule has 0 radical (unpaired) electrons. The lowest BCUT2D eigenvalue weighted by Gasteiger charge is -2.34. The minimum absolute atomic E-state index is 0.00742. The maximum atomic E-state index is 10.8. The van der Waals surface area contributed by atoms with Crippen LogP contribution < -0.4 is 4.74 Å². The molecule has 0 heterocycles. The maximum Gasteiger partial charge on any atom is 0.317 e. The van der Waals surface area contributed by atoms with E-state index in [4.69, 9.17) is 21.4 Å². The fourth-order valence-electron chi connectivity index (χ4n) is 1.62. The van der Waals surface area contributed by atoms with E-state index < -0.39 is 5.97 Å². The Bertz CT molecular complexity index is 412. The third-order valence-corrected chi connectivity index (χ3v) is 2.97. The van der Waals surface area contributed by atoms with Gasteiger partial charge in [0.15, 0.2) is 0 Å². The highest BCUT2D eigenvalue weighted by Gasteiger charge is 2.23. The van der Waals surface area contributed by atoms with Gasteiger partial charge in [-0.3, -0.25) is 9.69 Å². The highest BCUT2D eigenvalue weighted by molar-refractivity contribution is 6.30. The number of carbonyl (C=O) groups is 1. The van der Waals surface area contributed by atoms with Crippen LogP contribution in [0.2, 0.25) is 5.02 Å². The predicted octanol–water partition coefficient (Wildman–Crippen LogP) is 2.90. The average molecular weight is 286 g/mol. The van der Waals surface area contributed by atoms with Crippen molar-refractivity contribution >= 4 is 17.6 Å². The van der Waals surface area contributed by atoms with Crippen molar-refractivity contribution in [1.82, 2.24) is 4.90 Å². The van der Waals surface area contributed by atoms with E-state index in [1.54, 1.807) is 24.3 Å². The number of rotatable bonds is 6. The van der Waals surface area contributed by atoms with Crippen LogP contribution in [0.1, 0.15) is 20.8 Å². The molecule has 0 aliphatic heterocycles. The lowest BCUT2D eigenvalue weighted by Crippen LogP contribution is -2.46. The summed E-state index contributed by atoms with van der Waals surface area (Å²) in [7, 11) is 0.